The van der Waals surface area contributed by atoms with Gasteiger partial charge in [-0.2, -0.15) is 5.10 Å². The van der Waals surface area contributed by atoms with E-state index in [1.54, 1.807) is 24.0 Å². The van der Waals surface area contributed by atoms with E-state index in [0.29, 0.717) is 11.6 Å². The molecule has 0 unspecified atom stereocenters. The van der Waals surface area contributed by atoms with Gasteiger partial charge >= 0.3 is 0 Å². The molecule has 0 spiro atoms. The molecule has 0 saturated carbocycles. The highest BCUT2D eigenvalue weighted by molar-refractivity contribution is 6.02. The fourth-order valence-electron chi connectivity index (χ4n) is 1.39. The van der Waals surface area contributed by atoms with Gasteiger partial charge in [0.05, 0.1) is 18.6 Å². The molecule has 0 aliphatic rings. The van der Waals surface area contributed by atoms with Crippen molar-refractivity contribution in [3.8, 4) is 0 Å². The van der Waals surface area contributed by atoms with Crippen LogP contribution in [0.2, 0.25) is 0 Å². The quantitative estimate of drug-likeness (QED) is 0.837. The van der Waals surface area contributed by atoms with Gasteiger partial charge in [0.25, 0.3) is 5.91 Å². The SMILES string of the molecule is CCNc1cnc(C(=O)Nc2ccnn2C)cn1. The van der Waals surface area contributed by atoms with Gasteiger partial charge < -0.3 is 10.6 Å². The zero-order valence-electron chi connectivity index (χ0n) is 10.2. The van der Waals surface area contributed by atoms with Crippen molar-refractivity contribution in [1.82, 2.24) is 19.7 Å². The van der Waals surface area contributed by atoms with Crippen LogP contribution in [0.3, 0.4) is 0 Å². The Labute approximate surface area is 104 Å². The maximum absolute atomic E-state index is 11.9. The minimum atomic E-state index is -0.311. The average Bonchev–Trinajstić information content (AvgIpc) is 2.76. The molecule has 2 aromatic heterocycles. The zero-order valence-corrected chi connectivity index (χ0v) is 10.2. The number of hydrogen-bond acceptors (Lipinski definition) is 5. The summed E-state index contributed by atoms with van der Waals surface area (Å²) in [4.78, 5) is 20.0. The van der Waals surface area contributed by atoms with Crippen molar-refractivity contribution in [2.45, 2.75) is 6.92 Å². The molecule has 0 saturated heterocycles. The number of nitrogens with zero attached hydrogens (tertiary/aromatic N) is 4. The van der Waals surface area contributed by atoms with E-state index in [-0.39, 0.29) is 11.6 Å². The number of aromatic nitrogens is 4. The molecule has 2 aromatic rings. The van der Waals surface area contributed by atoms with Gasteiger partial charge in [-0.3, -0.25) is 9.48 Å². The van der Waals surface area contributed by atoms with Crippen molar-refractivity contribution in [2.24, 2.45) is 7.05 Å². The summed E-state index contributed by atoms with van der Waals surface area (Å²) in [6, 6.07) is 1.71. The van der Waals surface area contributed by atoms with Gasteiger partial charge in [0.15, 0.2) is 0 Å². The highest BCUT2D eigenvalue weighted by Crippen LogP contribution is 2.06. The van der Waals surface area contributed by atoms with Crippen LogP contribution in [-0.4, -0.2) is 32.2 Å². The highest BCUT2D eigenvalue weighted by atomic mass is 16.2. The molecule has 1 amide bonds. The molecule has 2 rings (SSSR count). The minimum Gasteiger partial charge on any atom is -0.369 e. The summed E-state index contributed by atoms with van der Waals surface area (Å²) < 4.78 is 1.57. The fourth-order valence-corrected chi connectivity index (χ4v) is 1.39. The summed E-state index contributed by atoms with van der Waals surface area (Å²) in [5, 5.41) is 9.66. The topological polar surface area (TPSA) is 84.7 Å². The number of amides is 1. The molecule has 0 aromatic carbocycles. The predicted octanol–water partition coefficient (Wildman–Crippen LogP) is 0.894. The second kappa shape index (κ2) is 5.26. The van der Waals surface area contributed by atoms with Crippen LogP contribution in [-0.2, 0) is 7.05 Å². The van der Waals surface area contributed by atoms with Gasteiger partial charge in [0.1, 0.15) is 17.3 Å². The summed E-state index contributed by atoms with van der Waals surface area (Å²) in [5.74, 6) is 0.946. The molecule has 7 heteroatoms. The van der Waals surface area contributed by atoms with Gasteiger partial charge in [-0.15, -0.1) is 0 Å². The molecule has 2 heterocycles. The van der Waals surface area contributed by atoms with Crippen LogP contribution in [0.4, 0.5) is 11.6 Å². The van der Waals surface area contributed by atoms with Gasteiger partial charge in [-0.05, 0) is 6.92 Å². The van der Waals surface area contributed by atoms with E-state index < -0.39 is 0 Å². The second-order valence-corrected chi connectivity index (χ2v) is 3.61. The maximum atomic E-state index is 11.9. The third-order valence-electron chi connectivity index (χ3n) is 2.30. The van der Waals surface area contributed by atoms with E-state index in [9.17, 15) is 4.79 Å². The maximum Gasteiger partial charge on any atom is 0.277 e. The lowest BCUT2D eigenvalue weighted by molar-refractivity contribution is 0.102. The fraction of sp³-hybridized carbons (Fsp3) is 0.273. The van der Waals surface area contributed by atoms with Gasteiger partial charge in [0, 0.05) is 19.7 Å². The lowest BCUT2D eigenvalue weighted by Gasteiger charge is -2.05. The Kier molecular flexibility index (Phi) is 3.52. The first-order chi connectivity index (χ1) is 8.70. The second-order valence-electron chi connectivity index (χ2n) is 3.61. The number of hydrogen-bond donors (Lipinski definition) is 2. The number of carbonyl (C=O) groups is 1. The van der Waals surface area contributed by atoms with Crippen molar-refractivity contribution in [1.29, 1.82) is 0 Å². The zero-order chi connectivity index (χ0) is 13.0. The van der Waals surface area contributed by atoms with E-state index in [1.165, 1.54) is 12.4 Å². The Bertz CT molecular complexity index is 533. The Morgan fingerprint density at radius 1 is 1.39 bits per heavy atom. The smallest absolute Gasteiger partial charge is 0.277 e. The summed E-state index contributed by atoms with van der Waals surface area (Å²) in [6.45, 7) is 2.72. The van der Waals surface area contributed by atoms with E-state index in [4.69, 9.17) is 0 Å². The first-order valence-electron chi connectivity index (χ1n) is 5.56. The van der Waals surface area contributed by atoms with Crippen molar-refractivity contribution >= 4 is 17.5 Å². The first kappa shape index (κ1) is 12.0. The first-order valence-corrected chi connectivity index (χ1v) is 5.56. The van der Waals surface area contributed by atoms with Crippen molar-refractivity contribution < 1.29 is 4.79 Å². The molecule has 2 N–H and O–H groups in total. The van der Waals surface area contributed by atoms with E-state index in [0.717, 1.165) is 6.54 Å². The molecular formula is C11H14N6O. The molecule has 0 aliphatic carbocycles. The van der Waals surface area contributed by atoms with Crippen molar-refractivity contribution in [3.63, 3.8) is 0 Å². The van der Waals surface area contributed by atoms with Crippen LogP contribution in [0.25, 0.3) is 0 Å². The van der Waals surface area contributed by atoms with E-state index in [2.05, 4.69) is 25.7 Å². The summed E-state index contributed by atoms with van der Waals surface area (Å²) >= 11 is 0. The molecule has 0 fully saturated rings. The van der Waals surface area contributed by atoms with E-state index >= 15 is 0 Å². The van der Waals surface area contributed by atoms with Crippen LogP contribution in [0, 0.1) is 0 Å². The standard InChI is InChI=1S/C11H14N6O/c1-3-12-9-7-13-8(6-14-9)11(18)16-10-4-5-15-17(10)2/h4-7H,3H2,1-2H3,(H,12,14)(H,16,18). The predicted molar refractivity (Wildman–Crippen MR) is 67.4 cm³/mol. The number of rotatable bonds is 4. The molecule has 0 radical (unpaired) electrons. The van der Waals surface area contributed by atoms with E-state index in [1.807, 2.05) is 6.92 Å². The van der Waals surface area contributed by atoms with Crippen LogP contribution >= 0.6 is 0 Å². The molecule has 7 nitrogen and oxygen atoms in total. The molecule has 18 heavy (non-hydrogen) atoms. The number of nitrogens with one attached hydrogen (secondary N) is 2. The van der Waals surface area contributed by atoms with Crippen LogP contribution in [0.15, 0.2) is 24.7 Å². The molecular weight excluding hydrogens is 232 g/mol. The van der Waals surface area contributed by atoms with Crippen LogP contribution < -0.4 is 10.6 Å². The Hall–Kier alpha value is -2.44. The summed E-state index contributed by atoms with van der Waals surface area (Å²) in [5.41, 5.74) is 0.262. The summed E-state index contributed by atoms with van der Waals surface area (Å²) in [7, 11) is 1.75. The third-order valence-corrected chi connectivity index (χ3v) is 2.30. The number of anilines is 2. The number of carbonyl (C=O) groups excluding carboxylic acids is 1. The van der Waals surface area contributed by atoms with Crippen molar-refractivity contribution in [2.75, 3.05) is 17.2 Å². The Morgan fingerprint density at radius 2 is 2.22 bits per heavy atom. The number of aryl methyl sites for hydroxylation is 1. The minimum absolute atomic E-state index is 0.262. The average molecular weight is 246 g/mol. The molecule has 0 bridgehead atoms. The summed E-state index contributed by atoms with van der Waals surface area (Å²) in [6.07, 6.45) is 4.57. The van der Waals surface area contributed by atoms with Crippen molar-refractivity contribution in [3.05, 3.63) is 30.4 Å². The molecule has 0 aliphatic heterocycles. The monoisotopic (exact) mass is 246 g/mol. The van der Waals surface area contributed by atoms with Crippen LogP contribution in [0.1, 0.15) is 17.4 Å². The lowest BCUT2D eigenvalue weighted by Crippen LogP contribution is -2.16. The molecule has 94 valence electrons. The Balaban J connectivity index is 2.07. The largest absolute Gasteiger partial charge is 0.369 e. The Morgan fingerprint density at radius 3 is 2.78 bits per heavy atom. The molecule has 0 atom stereocenters. The highest BCUT2D eigenvalue weighted by Gasteiger charge is 2.10. The van der Waals surface area contributed by atoms with Crippen LogP contribution in [0.5, 0.6) is 0 Å². The van der Waals surface area contributed by atoms with Gasteiger partial charge in [-0.25, -0.2) is 9.97 Å². The van der Waals surface area contributed by atoms with Gasteiger partial charge in [-0.1, -0.05) is 0 Å². The normalized spacial score (nSPS) is 10.1. The van der Waals surface area contributed by atoms with Gasteiger partial charge in [0.2, 0.25) is 0 Å². The third kappa shape index (κ3) is 2.62. The lowest BCUT2D eigenvalue weighted by atomic mass is 10.4.